The number of likely N-dealkylation sites (tertiary alicyclic amines) is 1. The Kier molecular flexibility index (Phi) is 6.03. The highest BCUT2D eigenvalue weighted by Crippen LogP contribution is 2.29. The molecule has 1 aliphatic heterocycles. The zero-order valence-corrected chi connectivity index (χ0v) is 13.2. The van der Waals surface area contributed by atoms with Crippen LogP contribution in [0.25, 0.3) is 0 Å². The van der Waals surface area contributed by atoms with Crippen LogP contribution in [0.1, 0.15) is 25.3 Å². The number of nitrogens with zero attached hydrogens (tertiary/aromatic N) is 1. The van der Waals surface area contributed by atoms with Crippen LogP contribution in [-0.4, -0.2) is 50.0 Å². The summed E-state index contributed by atoms with van der Waals surface area (Å²) in [6, 6.07) is 8.26. The number of hydrogen-bond donors (Lipinski definition) is 1. The second-order valence-electron chi connectivity index (χ2n) is 6.27. The van der Waals surface area contributed by atoms with E-state index in [4.69, 9.17) is 9.47 Å². The first-order valence-electron chi connectivity index (χ1n) is 7.69. The topological polar surface area (TPSA) is 41.9 Å². The molecule has 21 heavy (non-hydrogen) atoms. The molecule has 118 valence electrons. The molecular weight excluding hydrogens is 266 g/mol. The van der Waals surface area contributed by atoms with E-state index in [0.717, 1.165) is 38.2 Å². The van der Waals surface area contributed by atoms with Gasteiger partial charge in [0, 0.05) is 32.2 Å². The maximum absolute atomic E-state index is 9.52. The Morgan fingerprint density at radius 2 is 2.00 bits per heavy atom. The lowest BCUT2D eigenvalue weighted by Crippen LogP contribution is -2.43. The number of aliphatic hydroxyl groups is 1. The molecule has 0 spiro atoms. The van der Waals surface area contributed by atoms with Crippen molar-refractivity contribution in [1.82, 2.24) is 4.90 Å². The fourth-order valence-corrected chi connectivity index (χ4v) is 2.88. The Labute approximate surface area is 127 Å². The minimum absolute atomic E-state index is 0.0570. The molecule has 0 aliphatic carbocycles. The molecule has 1 atom stereocenters. The molecule has 4 nitrogen and oxygen atoms in total. The fraction of sp³-hybridized carbons (Fsp3) is 0.647. The normalized spacial score (nSPS) is 23.2. The van der Waals surface area contributed by atoms with Gasteiger partial charge in [-0.2, -0.15) is 0 Å². The molecule has 0 amide bonds. The van der Waals surface area contributed by atoms with E-state index < -0.39 is 0 Å². The number of rotatable bonds is 7. The third-order valence-corrected chi connectivity index (χ3v) is 4.13. The van der Waals surface area contributed by atoms with Crippen LogP contribution in [0.2, 0.25) is 0 Å². The van der Waals surface area contributed by atoms with Crippen molar-refractivity contribution in [1.29, 1.82) is 0 Å². The summed E-state index contributed by atoms with van der Waals surface area (Å²) in [6.45, 7) is 6.65. The zero-order valence-electron chi connectivity index (χ0n) is 13.2. The SMILES string of the molecule is COCCOc1ccc(CN2CCCC(C)(CO)C2)cc1. The highest BCUT2D eigenvalue weighted by atomic mass is 16.5. The lowest BCUT2D eigenvalue weighted by atomic mass is 9.82. The Morgan fingerprint density at radius 1 is 1.24 bits per heavy atom. The van der Waals surface area contributed by atoms with E-state index in [1.165, 1.54) is 5.56 Å². The van der Waals surface area contributed by atoms with E-state index in [1.54, 1.807) is 7.11 Å². The van der Waals surface area contributed by atoms with Gasteiger partial charge in [-0.3, -0.25) is 4.90 Å². The van der Waals surface area contributed by atoms with Gasteiger partial charge in [-0.05, 0) is 37.1 Å². The van der Waals surface area contributed by atoms with Crippen LogP contribution in [0.4, 0.5) is 0 Å². The van der Waals surface area contributed by atoms with Crippen LogP contribution in [0.3, 0.4) is 0 Å². The fourth-order valence-electron chi connectivity index (χ4n) is 2.88. The molecule has 4 heteroatoms. The summed E-state index contributed by atoms with van der Waals surface area (Å²) in [6.07, 6.45) is 2.28. The first-order chi connectivity index (χ1) is 10.1. The summed E-state index contributed by atoms with van der Waals surface area (Å²) in [5.41, 5.74) is 1.35. The predicted octanol–water partition coefficient (Wildman–Crippen LogP) is 2.31. The van der Waals surface area contributed by atoms with Crippen molar-refractivity contribution >= 4 is 0 Å². The van der Waals surface area contributed by atoms with Gasteiger partial charge in [-0.25, -0.2) is 0 Å². The monoisotopic (exact) mass is 293 g/mol. The molecule has 1 aromatic carbocycles. The second kappa shape index (κ2) is 7.78. The van der Waals surface area contributed by atoms with E-state index in [2.05, 4.69) is 24.0 Å². The van der Waals surface area contributed by atoms with Crippen molar-refractivity contribution in [3.63, 3.8) is 0 Å². The van der Waals surface area contributed by atoms with Gasteiger partial charge in [-0.1, -0.05) is 19.1 Å². The van der Waals surface area contributed by atoms with Gasteiger partial charge < -0.3 is 14.6 Å². The lowest BCUT2D eigenvalue weighted by Gasteiger charge is -2.39. The largest absolute Gasteiger partial charge is 0.491 e. The lowest BCUT2D eigenvalue weighted by molar-refractivity contribution is 0.0429. The smallest absolute Gasteiger partial charge is 0.119 e. The van der Waals surface area contributed by atoms with Crippen molar-refractivity contribution in [2.24, 2.45) is 5.41 Å². The van der Waals surface area contributed by atoms with Crippen molar-refractivity contribution in [3.05, 3.63) is 29.8 Å². The molecule has 1 aliphatic rings. The van der Waals surface area contributed by atoms with Crippen LogP contribution >= 0.6 is 0 Å². The number of hydrogen-bond acceptors (Lipinski definition) is 4. The average molecular weight is 293 g/mol. The standard InChI is InChI=1S/C17H27NO3/c1-17(14-19)8-3-9-18(13-17)12-15-4-6-16(7-5-15)21-11-10-20-2/h4-7,19H,3,8-14H2,1-2H3. The number of ether oxygens (including phenoxy) is 2. The van der Waals surface area contributed by atoms with E-state index in [9.17, 15) is 5.11 Å². The van der Waals surface area contributed by atoms with Gasteiger partial charge in [0.1, 0.15) is 12.4 Å². The van der Waals surface area contributed by atoms with Gasteiger partial charge in [-0.15, -0.1) is 0 Å². The second-order valence-corrected chi connectivity index (χ2v) is 6.27. The van der Waals surface area contributed by atoms with Crippen molar-refractivity contribution in [3.8, 4) is 5.75 Å². The number of benzene rings is 1. The molecule has 0 radical (unpaired) electrons. The molecule has 0 saturated carbocycles. The van der Waals surface area contributed by atoms with Crippen LogP contribution in [0, 0.1) is 5.41 Å². The van der Waals surface area contributed by atoms with Crippen LogP contribution < -0.4 is 4.74 Å². The number of aliphatic hydroxyl groups excluding tert-OH is 1. The van der Waals surface area contributed by atoms with E-state index in [-0.39, 0.29) is 12.0 Å². The number of piperidine rings is 1. The van der Waals surface area contributed by atoms with Crippen LogP contribution in [-0.2, 0) is 11.3 Å². The quantitative estimate of drug-likeness (QED) is 0.783. The average Bonchev–Trinajstić information content (AvgIpc) is 2.49. The van der Waals surface area contributed by atoms with E-state index in [0.29, 0.717) is 13.2 Å². The highest BCUT2D eigenvalue weighted by molar-refractivity contribution is 5.27. The van der Waals surface area contributed by atoms with E-state index in [1.807, 2.05) is 12.1 Å². The van der Waals surface area contributed by atoms with Gasteiger partial charge >= 0.3 is 0 Å². The van der Waals surface area contributed by atoms with Crippen molar-refractivity contribution < 1.29 is 14.6 Å². The summed E-state index contributed by atoms with van der Waals surface area (Å²) in [4.78, 5) is 2.43. The third kappa shape index (κ3) is 4.99. The first kappa shape index (κ1) is 16.3. The maximum Gasteiger partial charge on any atom is 0.119 e. The van der Waals surface area contributed by atoms with Crippen molar-refractivity contribution in [2.75, 3.05) is 40.0 Å². The molecule has 1 saturated heterocycles. The van der Waals surface area contributed by atoms with E-state index >= 15 is 0 Å². The number of methoxy groups -OCH3 is 1. The zero-order chi connectivity index (χ0) is 15.1. The maximum atomic E-state index is 9.52. The van der Waals surface area contributed by atoms with Crippen LogP contribution in [0.5, 0.6) is 5.75 Å². The molecule has 0 bridgehead atoms. The molecule has 1 aromatic rings. The summed E-state index contributed by atoms with van der Waals surface area (Å²) < 4.78 is 10.5. The minimum atomic E-state index is 0.0570. The highest BCUT2D eigenvalue weighted by Gasteiger charge is 2.30. The first-order valence-corrected chi connectivity index (χ1v) is 7.69. The van der Waals surface area contributed by atoms with Gasteiger partial charge in [0.2, 0.25) is 0 Å². The molecule has 1 N–H and O–H groups in total. The Bertz CT molecular complexity index is 421. The molecule has 2 rings (SSSR count). The summed E-state index contributed by atoms with van der Waals surface area (Å²) in [7, 11) is 1.67. The summed E-state index contributed by atoms with van der Waals surface area (Å²) in [5.74, 6) is 0.884. The van der Waals surface area contributed by atoms with Gasteiger partial charge in [0.15, 0.2) is 0 Å². The Morgan fingerprint density at radius 3 is 2.67 bits per heavy atom. The molecule has 1 unspecified atom stereocenters. The molecule has 0 aromatic heterocycles. The van der Waals surface area contributed by atoms with Crippen LogP contribution in [0.15, 0.2) is 24.3 Å². The molecule has 1 heterocycles. The Hall–Kier alpha value is -1.10. The molecular formula is C17H27NO3. The predicted molar refractivity (Wildman–Crippen MR) is 83.5 cm³/mol. The molecule has 1 fully saturated rings. The van der Waals surface area contributed by atoms with Gasteiger partial charge in [0.05, 0.1) is 6.61 Å². The third-order valence-electron chi connectivity index (χ3n) is 4.13. The van der Waals surface area contributed by atoms with Gasteiger partial charge in [0.25, 0.3) is 0 Å². The van der Waals surface area contributed by atoms with Crippen molar-refractivity contribution in [2.45, 2.75) is 26.3 Å². The minimum Gasteiger partial charge on any atom is -0.491 e. The summed E-state index contributed by atoms with van der Waals surface area (Å²) in [5, 5.41) is 9.52. The Balaban J connectivity index is 1.85. The summed E-state index contributed by atoms with van der Waals surface area (Å²) >= 11 is 0.